The number of anilines is 1. The first-order chi connectivity index (χ1) is 18.8. The molecule has 5 rings (SSSR count). The first-order valence-electron chi connectivity index (χ1n) is 13.2. The molecule has 2 aliphatic rings. The highest BCUT2D eigenvalue weighted by molar-refractivity contribution is 6.35. The van der Waals surface area contributed by atoms with Crippen molar-refractivity contribution in [1.82, 2.24) is 24.8 Å². The third kappa shape index (κ3) is 7.79. The first-order valence-corrected chi connectivity index (χ1v) is 13.9. The van der Waals surface area contributed by atoms with Crippen LogP contribution in [0.15, 0.2) is 42.7 Å². The van der Waals surface area contributed by atoms with E-state index in [-0.39, 0.29) is 12.3 Å². The monoisotopic (exact) mass is 570 g/mol. The molecule has 11 heteroatoms. The Morgan fingerprint density at radius 3 is 2.41 bits per heavy atom. The van der Waals surface area contributed by atoms with E-state index in [4.69, 9.17) is 38.0 Å². The summed E-state index contributed by atoms with van der Waals surface area (Å²) < 4.78 is 6.11. The highest BCUT2D eigenvalue weighted by Gasteiger charge is 2.22. The number of halogens is 2. The summed E-state index contributed by atoms with van der Waals surface area (Å²) in [5.41, 5.74) is 2.50. The number of benzene rings is 1. The van der Waals surface area contributed by atoms with Gasteiger partial charge >= 0.3 is 5.97 Å². The van der Waals surface area contributed by atoms with Crippen LogP contribution in [0.25, 0.3) is 11.3 Å². The lowest BCUT2D eigenvalue weighted by molar-refractivity contribution is -0.138. The average Bonchev–Trinajstić information content (AvgIpc) is 3.30. The number of nitrogens with zero attached hydrogens (tertiary/aromatic N) is 5. The normalized spacial score (nSPS) is 18.8. The molecular weight excluding hydrogens is 539 g/mol. The van der Waals surface area contributed by atoms with E-state index in [2.05, 4.69) is 32.1 Å². The molecule has 3 aromatic rings. The van der Waals surface area contributed by atoms with Crippen LogP contribution in [0.2, 0.25) is 10.0 Å². The van der Waals surface area contributed by atoms with E-state index < -0.39 is 5.97 Å². The van der Waals surface area contributed by atoms with Gasteiger partial charge in [0, 0.05) is 47.2 Å². The van der Waals surface area contributed by atoms with E-state index in [0.29, 0.717) is 45.9 Å². The van der Waals surface area contributed by atoms with Crippen molar-refractivity contribution < 1.29 is 14.6 Å². The molecule has 2 fully saturated rings. The molecule has 1 aromatic carbocycles. The van der Waals surface area contributed by atoms with Gasteiger partial charge in [-0.2, -0.15) is 0 Å². The lowest BCUT2D eigenvalue weighted by Gasteiger charge is -2.31. The Kier molecular flexibility index (Phi) is 8.82. The number of aromatic nitrogens is 3. The summed E-state index contributed by atoms with van der Waals surface area (Å²) >= 11 is 12.6. The van der Waals surface area contributed by atoms with Crippen molar-refractivity contribution in [3.05, 3.63) is 58.3 Å². The first kappa shape index (κ1) is 27.6. The Morgan fingerprint density at radius 1 is 1.05 bits per heavy atom. The number of hydrogen-bond acceptors (Lipinski definition) is 8. The molecular formula is C28H32Cl2N6O3. The maximum atomic E-state index is 11.1. The number of likely N-dealkylation sites (N-methyl/N-ethyl adjacent to an activating group) is 1. The fourth-order valence-corrected chi connectivity index (χ4v) is 5.73. The molecule has 2 saturated heterocycles. The van der Waals surface area contributed by atoms with Crippen molar-refractivity contribution in [1.29, 1.82) is 0 Å². The third-order valence-electron chi connectivity index (χ3n) is 7.17. The molecule has 2 aliphatic heterocycles. The van der Waals surface area contributed by atoms with Crippen molar-refractivity contribution >= 4 is 35.1 Å². The molecule has 2 aromatic heterocycles. The van der Waals surface area contributed by atoms with Gasteiger partial charge in [-0.25, -0.2) is 15.0 Å². The summed E-state index contributed by atoms with van der Waals surface area (Å²) in [6, 6.07) is 9.60. The molecule has 0 aliphatic carbocycles. The van der Waals surface area contributed by atoms with Gasteiger partial charge in [0.05, 0.1) is 18.1 Å². The summed E-state index contributed by atoms with van der Waals surface area (Å²) in [4.78, 5) is 29.3. The van der Waals surface area contributed by atoms with Gasteiger partial charge < -0.3 is 20.1 Å². The predicted molar refractivity (Wildman–Crippen MR) is 152 cm³/mol. The predicted octanol–water partition coefficient (Wildman–Crippen LogP) is 5.44. The van der Waals surface area contributed by atoms with E-state index in [1.807, 2.05) is 24.3 Å². The van der Waals surface area contributed by atoms with Crippen LogP contribution in [0, 0.1) is 5.92 Å². The molecule has 2 N–H and O–H groups in total. The van der Waals surface area contributed by atoms with Gasteiger partial charge in [-0.15, -0.1) is 0 Å². The Labute approximate surface area is 238 Å². The van der Waals surface area contributed by atoms with Crippen molar-refractivity contribution in [3.63, 3.8) is 0 Å². The van der Waals surface area contributed by atoms with Gasteiger partial charge in [-0.3, -0.25) is 9.69 Å². The van der Waals surface area contributed by atoms with Crippen LogP contribution in [0.3, 0.4) is 0 Å². The van der Waals surface area contributed by atoms with Crippen LogP contribution in [-0.2, 0) is 11.3 Å². The number of likely N-dealkylation sites (tertiary alicyclic amines) is 2. The Morgan fingerprint density at radius 2 is 1.77 bits per heavy atom. The number of carboxylic acids is 1. The van der Waals surface area contributed by atoms with E-state index in [1.54, 1.807) is 18.5 Å². The molecule has 0 saturated carbocycles. The topological polar surface area (TPSA) is 104 Å². The minimum atomic E-state index is -0.729. The zero-order chi connectivity index (χ0) is 27.4. The molecule has 0 unspecified atom stereocenters. The van der Waals surface area contributed by atoms with Gasteiger partial charge in [0.2, 0.25) is 11.8 Å². The zero-order valence-electron chi connectivity index (χ0n) is 21.8. The van der Waals surface area contributed by atoms with Crippen molar-refractivity contribution in [2.75, 3.05) is 38.5 Å². The molecule has 39 heavy (non-hydrogen) atoms. The molecule has 1 atom stereocenters. The quantitative estimate of drug-likeness (QED) is 0.348. The Hall–Kier alpha value is -2.98. The number of rotatable bonds is 9. The van der Waals surface area contributed by atoms with Gasteiger partial charge in [0.25, 0.3) is 0 Å². The summed E-state index contributed by atoms with van der Waals surface area (Å²) in [6.07, 6.45) is 6.31. The number of pyridine rings is 1. The Bertz CT molecular complexity index is 1280. The number of piperidine rings is 1. The van der Waals surface area contributed by atoms with Crippen LogP contribution in [0.4, 0.5) is 5.95 Å². The summed E-state index contributed by atoms with van der Waals surface area (Å²) in [5, 5.41) is 13.5. The zero-order valence-corrected chi connectivity index (χ0v) is 23.3. The molecule has 0 radical (unpaired) electrons. The molecule has 0 bridgehead atoms. The number of carbonyl (C=O) groups is 1. The van der Waals surface area contributed by atoms with Crippen LogP contribution in [-0.4, -0.2) is 75.1 Å². The maximum Gasteiger partial charge on any atom is 0.303 e. The molecule has 9 nitrogen and oxygen atoms in total. The van der Waals surface area contributed by atoms with Crippen LogP contribution < -0.4 is 10.1 Å². The average molecular weight is 572 g/mol. The molecule has 0 spiro atoms. The van der Waals surface area contributed by atoms with E-state index in [0.717, 1.165) is 56.6 Å². The molecule has 4 heterocycles. The van der Waals surface area contributed by atoms with E-state index >= 15 is 0 Å². The lowest BCUT2D eigenvalue weighted by atomic mass is 9.93. The van der Waals surface area contributed by atoms with E-state index in [1.165, 1.54) is 0 Å². The highest BCUT2D eigenvalue weighted by Crippen LogP contribution is 2.31. The van der Waals surface area contributed by atoms with E-state index in [9.17, 15) is 4.79 Å². The number of aliphatic carboxylic acids is 1. The Balaban J connectivity index is 1.33. The molecule has 0 amide bonds. The maximum absolute atomic E-state index is 11.1. The second-order valence-corrected chi connectivity index (χ2v) is 11.3. The van der Waals surface area contributed by atoms with Crippen LogP contribution in [0.5, 0.6) is 11.6 Å². The largest absolute Gasteiger partial charge is 0.481 e. The minimum absolute atomic E-state index is 0.228. The third-order valence-corrected chi connectivity index (χ3v) is 7.61. The number of hydrogen-bond donors (Lipinski definition) is 2. The number of nitrogens with one attached hydrogen (secondary N) is 1. The van der Waals surface area contributed by atoms with Gasteiger partial charge in [-0.1, -0.05) is 23.2 Å². The van der Waals surface area contributed by atoms with Gasteiger partial charge in [-0.05, 0) is 81.7 Å². The van der Waals surface area contributed by atoms with Gasteiger partial charge in [0.1, 0.15) is 0 Å². The van der Waals surface area contributed by atoms with Crippen LogP contribution >= 0.6 is 23.2 Å². The standard InChI is InChI=1S/C28H32Cl2N6O3/c1-35-5-4-23(17-35)33-28-31-14-24(15-32-28)39-26-9-19(16-36-6-2-18(3-7-36)10-27(37)38)8-25(34-26)20-11-21(29)13-22(30)12-20/h8-9,11-15,18,23H,2-7,10,16-17H2,1H3,(H,37,38)(H,31,32,33)/t23-/m1/s1. The number of carboxylic acid groups (broad SMARTS) is 1. The number of ether oxygens (including phenoxy) is 1. The fourth-order valence-electron chi connectivity index (χ4n) is 5.21. The lowest BCUT2D eigenvalue weighted by Crippen LogP contribution is -2.33. The van der Waals surface area contributed by atoms with Crippen molar-refractivity contribution in [2.45, 2.75) is 38.3 Å². The second kappa shape index (κ2) is 12.5. The second-order valence-electron chi connectivity index (χ2n) is 10.4. The molecule has 206 valence electrons. The SMILES string of the molecule is CN1CC[C@@H](Nc2ncc(Oc3cc(CN4CCC(CC(=O)O)CC4)cc(-c4cc(Cl)cc(Cl)c4)n3)cn2)C1. The van der Waals surface area contributed by atoms with Gasteiger partial charge in [0.15, 0.2) is 5.75 Å². The minimum Gasteiger partial charge on any atom is -0.481 e. The van der Waals surface area contributed by atoms with Crippen molar-refractivity contribution in [3.8, 4) is 22.9 Å². The fraction of sp³-hybridized carbons (Fsp3) is 0.429. The summed E-state index contributed by atoms with van der Waals surface area (Å²) in [6.45, 7) is 4.39. The smallest absolute Gasteiger partial charge is 0.303 e. The summed E-state index contributed by atoms with van der Waals surface area (Å²) in [7, 11) is 2.10. The highest BCUT2D eigenvalue weighted by atomic mass is 35.5. The van der Waals surface area contributed by atoms with Crippen molar-refractivity contribution in [2.24, 2.45) is 5.92 Å². The van der Waals surface area contributed by atoms with Crippen LogP contribution in [0.1, 0.15) is 31.2 Å². The summed E-state index contributed by atoms with van der Waals surface area (Å²) in [5.74, 6) is 0.976.